The number of para-hydroxylation sites is 1. The Kier molecular flexibility index (Phi) is 7.65. The maximum Gasteiger partial charge on any atom is 0.376 e. The lowest BCUT2D eigenvalue weighted by Gasteiger charge is -2.33. The van der Waals surface area contributed by atoms with Gasteiger partial charge in [-0.15, -0.1) is 5.10 Å². The molecule has 2 aliphatic heterocycles. The molecule has 5 rings (SSSR count). The molecule has 2 heterocycles. The fraction of sp³-hybridized carbons (Fsp3) is 0.310. The topological polar surface area (TPSA) is 76.1 Å². The molecule has 1 unspecified atom stereocenters. The number of carbonyl (C=O) groups excluding carboxylic acids is 1. The van der Waals surface area contributed by atoms with E-state index in [4.69, 9.17) is 24.0 Å². The van der Waals surface area contributed by atoms with Crippen LogP contribution in [0.3, 0.4) is 0 Å². The summed E-state index contributed by atoms with van der Waals surface area (Å²) in [5.74, 6) is 0.918. The molecular weight excluding hydrogens is 484 g/mol. The largest absolute Gasteiger partial charge is 0.493 e. The summed E-state index contributed by atoms with van der Waals surface area (Å²) in [6.45, 7) is 5.13. The highest BCUT2D eigenvalue weighted by molar-refractivity contribution is 6.42. The molecule has 198 valence electrons. The highest BCUT2D eigenvalue weighted by Gasteiger charge is 2.41. The number of anilines is 3. The van der Waals surface area contributed by atoms with E-state index in [0.717, 1.165) is 35.7 Å². The van der Waals surface area contributed by atoms with Crippen molar-refractivity contribution in [3.8, 4) is 11.5 Å². The zero-order chi connectivity index (χ0) is 26.5. The van der Waals surface area contributed by atoms with Gasteiger partial charge in [-0.25, -0.2) is 9.80 Å². The zero-order valence-electron chi connectivity index (χ0n) is 21.9. The number of benzene rings is 3. The van der Waals surface area contributed by atoms with Crippen molar-refractivity contribution >= 4 is 28.9 Å². The fourth-order valence-electron chi connectivity index (χ4n) is 4.76. The van der Waals surface area contributed by atoms with Crippen molar-refractivity contribution in [1.29, 1.82) is 0 Å². The number of ether oxygens (including phenoxy) is 4. The molecule has 0 saturated carbocycles. The summed E-state index contributed by atoms with van der Waals surface area (Å²) < 4.78 is 22.0. The Balaban J connectivity index is 1.61. The van der Waals surface area contributed by atoms with E-state index in [1.165, 1.54) is 0 Å². The average Bonchev–Trinajstić information content (AvgIpc) is 3.39. The Labute approximate surface area is 222 Å². The number of rotatable bonds is 8. The second-order valence-electron chi connectivity index (χ2n) is 8.80. The molecule has 0 radical (unpaired) electrons. The van der Waals surface area contributed by atoms with E-state index in [2.05, 4.69) is 17.0 Å². The van der Waals surface area contributed by atoms with Gasteiger partial charge in [0, 0.05) is 30.0 Å². The SMILES string of the molecule is CCOC(=O)C1=NN(c2ccccc2)C(c2ccc(OC)c(OC)c2)N1c1ccc(N2CCOCC2)cc1. The first-order chi connectivity index (χ1) is 18.6. The zero-order valence-corrected chi connectivity index (χ0v) is 21.9. The first kappa shape index (κ1) is 25.4. The third-order valence-electron chi connectivity index (χ3n) is 6.60. The summed E-state index contributed by atoms with van der Waals surface area (Å²) >= 11 is 0. The monoisotopic (exact) mass is 516 g/mol. The molecule has 3 aromatic rings. The molecule has 0 amide bonds. The molecule has 1 saturated heterocycles. The number of esters is 1. The van der Waals surface area contributed by atoms with E-state index in [1.54, 1.807) is 21.1 Å². The molecule has 38 heavy (non-hydrogen) atoms. The van der Waals surface area contributed by atoms with Gasteiger partial charge in [0.1, 0.15) is 0 Å². The van der Waals surface area contributed by atoms with Crippen LogP contribution in [0.4, 0.5) is 17.1 Å². The molecule has 3 aromatic carbocycles. The lowest BCUT2D eigenvalue weighted by Crippen LogP contribution is -2.39. The van der Waals surface area contributed by atoms with Gasteiger partial charge < -0.3 is 23.8 Å². The van der Waals surface area contributed by atoms with E-state index in [1.807, 2.05) is 70.6 Å². The molecule has 0 aliphatic carbocycles. The predicted octanol–water partition coefficient (Wildman–Crippen LogP) is 4.44. The maximum atomic E-state index is 13.2. The third-order valence-corrected chi connectivity index (χ3v) is 6.60. The van der Waals surface area contributed by atoms with Gasteiger partial charge >= 0.3 is 5.97 Å². The molecule has 2 aliphatic rings. The van der Waals surface area contributed by atoms with Crippen molar-refractivity contribution in [1.82, 2.24) is 0 Å². The van der Waals surface area contributed by atoms with Gasteiger partial charge in [0.2, 0.25) is 5.84 Å². The number of amidine groups is 1. The molecule has 0 N–H and O–H groups in total. The quantitative estimate of drug-likeness (QED) is 0.407. The first-order valence-corrected chi connectivity index (χ1v) is 12.7. The maximum absolute atomic E-state index is 13.2. The minimum Gasteiger partial charge on any atom is -0.493 e. The van der Waals surface area contributed by atoms with Gasteiger partial charge in [-0.1, -0.05) is 24.3 Å². The van der Waals surface area contributed by atoms with Crippen LogP contribution < -0.4 is 24.3 Å². The number of morpholine rings is 1. The smallest absolute Gasteiger partial charge is 0.376 e. The molecule has 0 bridgehead atoms. The van der Waals surface area contributed by atoms with Gasteiger partial charge in [-0.3, -0.25) is 4.90 Å². The standard InChI is InChI=1S/C29H32N4O5/c1-4-38-29(34)27-30-33(24-8-6-5-7-9-24)28(21-10-15-25(35-2)26(20-21)36-3)32(27)23-13-11-22(12-14-23)31-16-18-37-19-17-31/h5-15,20,28H,4,16-19H2,1-3H3. The van der Waals surface area contributed by atoms with Gasteiger partial charge in [0.25, 0.3) is 0 Å². The number of hydrazone groups is 1. The van der Waals surface area contributed by atoms with Crippen LogP contribution in [0.15, 0.2) is 77.9 Å². The number of hydrogen-bond acceptors (Lipinski definition) is 9. The van der Waals surface area contributed by atoms with Crippen molar-refractivity contribution in [2.45, 2.75) is 13.1 Å². The molecule has 1 fully saturated rings. The van der Waals surface area contributed by atoms with Crippen molar-refractivity contribution in [3.63, 3.8) is 0 Å². The van der Waals surface area contributed by atoms with Crippen LogP contribution in [0.5, 0.6) is 11.5 Å². The van der Waals surface area contributed by atoms with Crippen molar-refractivity contribution in [2.24, 2.45) is 5.10 Å². The molecule has 0 spiro atoms. The Bertz CT molecular complexity index is 1280. The second-order valence-corrected chi connectivity index (χ2v) is 8.80. The van der Waals surface area contributed by atoms with E-state index in [-0.39, 0.29) is 12.4 Å². The molecule has 9 nitrogen and oxygen atoms in total. The van der Waals surface area contributed by atoms with Crippen LogP contribution in [0, 0.1) is 0 Å². The molecular formula is C29H32N4O5. The Morgan fingerprint density at radius 2 is 1.58 bits per heavy atom. The third kappa shape index (κ3) is 4.97. The predicted molar refractivity (Wildman–Crippen MR) is 147 cm³/mol. The molecule has 1 atom stereocenters. The normalized spacial score (nSPS) is 17.3. The van der Waals surface area contributed by atoms with Crippen molar-refractivity contribution in [2.75, 3.05) is 61.9 Å². The summed E-state index contributed by atoms with van der Waals surface area (Å²) in [4.78, 5) is 17.4. The Morgan fingerprint density at radius 3 is 2.24 bits per heavy atom. The van der Waals surface area contributed by atoms with E-state index in [0.29, 0.717) is 24.7 Å². The Morgan fingerprint density at radius 1 is 0.895 bits per heavy atom. The minimum absolute atomic E-state index is 0.203. The highest BCUT2D eigenvalue weighted by Crippen LogP contribution is 2.41. The summed E-state index contributed by atoms with van der Waals surface area (Å²) in [6.07, 6.45) is -0.481. The van der Waals surface area contributed by atoms with Crippen LogP contribution >= 0.6 is 0 Å². The number of hydrogen-bond donors (Lipinski definition) is 0. The molecule has 9 heteroatoms. The summed E-state index contributed by atoms with van der Waals surface area (Å²) in [7, 11) is 3.21. The minimum atomic E-state index is -0.492. The van der Waals surface area contributed by atoms with E-state index < -0.39 is 12.1 Å². The number of methoxy groups -OCH3 is 2. The van der Waals surface area contributed by atoms with Crippen LogP contribution in [0.2, 0.25) is 0 Å². The first-order valence-electron chi connectivity index (χ1n) is 12.7. The number of carbonyl (C=O) groups is 1. The molecule has 0 aromatic heterocycles. The lowest BCUT2D eigenvalue weighted by atomic mass is 10.1. The highest BCUT2D eigenvalue weighted by atomic mass is 16.5. The summed E-state index contributed by atoms with van der Waals surface area (Å²) in [5, 5.41) is 6.64. The van der Waals surface area contributed by atoms with E-state index >= 15 is 0 Å². The van der Waals surface area contributed by atoms with Crippen LogP contribution in [0.1, 0.15) is 18.7 Å². The lowest BCUT2D eigenvalue weighted by molar-refractivity contribution is -0.135. The summed E-state index contributed by atoms with van der Waals surface area (Å²) in [6, 6.07) is 23.7. The summed E-state index contributed by atoms with van der Waals surface area (Å²) in [5.41, 5.74) is 3.62. The average molecular weight is 517 g/mol. The van der Waals surface area contributed by atoms with Gasteiger partial charge in [-0.2, -0.15) is 0 Å². The second kappa shape index (κ2) is 11.4. The van der Waals surface area contributed by atoms with Crippen LogP contribution in [-0.2, 0) is 14.3 Å². The van der Waals surface area contributed by atoms with Crippen molar-refractivity contribution < 1.29 is 23.7 Å². The van der Waals surface area contributed by atoms with Crippen molar-refractivity contribution in [3.05, 3.63) is 78.4 Å². The van der Waals surface area contributed by atoms with Gasteiger partial charge in [0.05, 0.1) is 39.7 Å². The fourth-order valence-corrected chi connectivity index (χ4v) is 4.76. The Hall–Kier alpha value is -4.24. The number of nitrogens with zero attached hydrogens (tertiary/aromatic N) is 4. The van der Waals surface area contributed by atoms with Crippen LogP contribution in [0.25, 0.3) is 0 Å². The van der Waals surface area contributed by atoms with Crippen LogP contribution in [-0.4, -0.2) is 58.9 Å². The van der Waals surface area contributed by atoms with E-state index in [9.17, 15) is 4.79 Å². The van der Waals surface area contributed by atoms with Gasteiger partial charge in [0.15, 0.2) is 17.7 Å². The van der Waals surface area contributed by atoms with Gasteiger partial charge in [-0.05, 0) is 55.5 Å².